The van der Waals surface area contributed by atoms with Crippen LogP contribution in [0.5, 0.6) is 5.75 Å². The van der Waals surface area contributed by atoms with E-state index in [1.54, 1.807) is 30.3 Å². The molecular weight excluding hydrogens is 456 g/mol. The Morgan fingerprint density at radius 2 is 1.76 bits per heavy atom. The Balaban J connectivity index is 2.16. The molecule has 2 aromatic rings. The van der Waals surface area contributed by atoms with Crippen molar-refractivity contribution < 1.29 is 17.9 Å². The van der Waals surface area contributed by atoms with Gasteiger partial charge in [-0.05, 0) is 65.3 Å². The first-order valence-electron chi connectivity index (χ1n) is 8.89. The highest BCUT2D eigenvalue weighted by atomic mass is 79.9. The maximum Gasteiger partial charge on any atom is 0.255 e. The maximum atomic E-state index is 12.7. The highest BCUT2D eigenvalue weighted by Crippen LogP contribution is 2.26. The van der Waals surface area contributed by atoms with Crippen LogP contribution in [0.2, 0.25) is 0 Å². The Bertz CT molecular complexity index is 978. The van der Waals surface area contributed by atoms with Crippen molar-refractivity contribution in [1.29, 1.82) is 0 Å². The lowest BCUT2D eigenvalue weighted by Gasteiger charge is -2.19. The molecule has 2 aromatic carbocycles. The van der Waals surface area contributed by atoms with Gasteiger partial charge in [-0.25, -0.2) is 8.42 Å². The molecule has 0 bridgehead atoms. The molecule has 0 atom stereocenters. The monoisotopic (exact) mass is 478 g/mol. The summed E-state index contributed by atoms with van der Waals surface area (Å²) in [6.45, 7) is 9.94. The van der Waals surface area contributed by atoms with Crippen LogP contribution in [-0.2, 0) is 10.0 Å². The third-order valence-electron chi connectivity index (χ3n) is 3.91. The molecule has 2 rings (SSSR count). The van der Waals surface area contributed by atoms with E-state index in [9.17, 15) is 13.2 Å². The molecule has 154 valence electrons. The zero-order chi connectivity index (χ0) is 21.4. The normalized spacial score (nSPS) is 11.1. The summed E-state index contributed by atoms with van der Waals surface area (Å²) in [5.74, 6) is 0.339. The molecule has 1 N–H and O–H groups in total. The smallest absolute Gasteiger partial charge is 0.255 e. The number of anilines is 1. The number of benzene rings is 2. The highest BCUT2D eigenvalue weighted by Gasteiger charge is 2.22. The Morgan fingerprint density at radius 3 is 2.28 bits per heavy atom. The molecule has 0 fully saturated rings. The highest BCUT2D eigenvalue weighted by molar-refractivity contribution is 9.10. The van der Waals surface area contributed by atoms with Crippen molar-refractivity contribution in [3.63, 3.8) is 0 Å². The van der Waals surface area contributed by atoms with E-state index < -0.39 is 10.0 Å². The molecule has 0 aliphatic heterocycles. The molecule has 0 aliphatic carbocycles. The van der Waals surface area contributed by atoms with Crippen molar-refractivity contribution in [2.75, 3.05) is 25.0 Å². The van der Waals surface area contributed by atoms with E-state index >= 15 is 0 Å². The molecule has 6 nitrogen and oxygen atoms in total. The Labute approximate surface area is 180 Å². The van der Waals surface area contributed by atoms with Crippen LogP contribution >= 0.6 is 15.9 Å². The van der Waals surface area contributed by atoms with Crippen molar-refractivity contribution in [2.45, 2.75) is 11.8 Å². The Morgan fingerprint density at radius 1 is 1.14 bits per heavy atom. The largest absolute Gasteiger partial charge is 0.493 e. The lowest BCUT2D eigenvalue weighted by Crippen LogP contribution is -2.31. The molecule has 0 aliphatic rings. The first-order chi connectivity index (χ1) is 13.8. The van der Waals surface area contributed by atoms with E-state index in [0.29, 0.717) is 28.1 Å². The average molecular weight is 479 g/mol. The van der Waals surface area contributed by atoms with E-state index in [-0.39, 0.29) is 23.9 Å². The van der Waals surface area contributed by atoms with Crippen LogP contribution in [0.4, 0.5) is 5.69 Å². The van der Waals surface area contributed by atoms with Gasteiger partial charge >= 0.3 is 0 Å². The van der Waals surface area contributed by atoms with Crippen molar-refractivity contribution >= 4 is 37.5 Å². The third-order valence-corrected chi connectivity index (χ3v) is 6.37. The minimum atomic E-state index is -3.68. The van der Waals surface area contributed by atoms with Crippen LogP contribution in [-0.4, -0.2) is 38.3 Å². The molecule has 8 heteroatoms. The number of halogens is 1. The van der Waals surface area contributed by atoms with Crippen LogP contribution in [0.15, 0.2) is 77.1 Å². The second kappa shape index (κ2) is 10.4. The molecule has 0 aromatic heterocycles. The zero-order valence-electron chi connectivity index (χ0n) is 16.1. The standard InChI is InChI=1S/C21H23BrN2O4S/c1-4-13-24(14-5-2)29(26,27)18-10-8-17(9-11-18)23-21(25)16-7-12-20(28-6-3)19(22)15-16/h4-5,7-12,15H,1-2,6,13-14H2,3H3,(H,23,25). The summed E-state index contributed by atoms with van der Waals surface area (Å²) in [5, 5.41) is 2.75. The number of rotatable bonds is 10. The van der Waals surface area contributed by atoms with Crippen LogP contribution in [0.1, 0.15) is 17.3 Å². The van der Waals surface area contributed by atoms with Gasteiger partial charge in [0.2, 0.25) is 10.0 Å². The van der Waals surface area contributed by atoms with Crippen molar-refractivity contribution in [1.82, 2.24) is 4.31 Å². The summed E-state index contributed by atoms with van der Waals surface area (Å²) in [5.41, 5.74) is 0.929. The fourth-order valence-corrected chi connectivity index (χ4v) is 4.41. The topological polar surface area (TPSA) is 75.7 Å². The molecule has 0 saturated carbocycles. The molecule has 0 heterocycles. The van der Waals surface area contributed by atoms with Gasteiger partial charge in [0.25, 0.3) is 5.91 Å². The summed E-state index contributed by atoms with van der Waals surface area (Å²) in [6, 6.07) is 11.1. The lowest BCUT2D eigenvalue weighted by molar-refractivity contribution is 0.102. The van der Waals surface area contributed by atoms with Crippen molar-refractivity contribution in [3.8, 4) is 5.75 Å². The van der Waals surface area contributed by atoms with Gasteiger partial charge < -0.3 is 10.1 Å². The first-order valence-corrected chi connectivity index (χ1v) is 11.1. The molecule has 29 heavy (non-hydrogen) atoms. The van der Waals surface area contributed by atoms with E-state index in [2.05, 4.69) is 34.4 Å². The molecule has 0 saturated heterocycles. The van der Waals surface area contributed by atoms with Crippen LogP contribution in [0.25, 0.3) is 0 Å². The first kappa shape index (κ1) is 22.9. The summed E-state index contributed by atoms with van der Waals surface area (Å²) >= 11 is 3.38. The number of carbonyl (C=O) groups is 1. The minimum absolute atomic E-state index is 0.128. The number of hydrogen-bond donors (Lipinski definition) is 1. The second-order valence-corrected chi connectivity index (χ2v) is 8.75. The summed E-state index contributed by atoms with van der Waals surface area (Å²) in [4.78, 5) is 12.6. The number of carbonyl (C=O) groups excluding carboxylic acids is 1. The minimum Gasteiger partial charge on any atom is -0.493 e. The molecule has 0 spiro atoms. The van der Waals surface area contributed by atoms with E-state index in [1.807, 2.05) is 6.92 Å². The van der Waals surface area contributed by atoms with Gasteiger partial charge in [0.05, 0.1) is 16.0 Å². The van der Waals surface area contributed by atoms with Gasteiger partial charge in [-0.2, -0.15) is 4.31 Å². The fourth-order valence-electron chi connectivity index (χ4n) is 2.54. The van der Waals surface area contributed by atoms with E-state index in [4.69, 9.17) is 4.74 Å². The molecule has 0 unspecified atom stereocenters. The summed E-state index contributed by atoms with van der Waals surface area (Å²) in [7, 11) is -3.68. The predicted octanol–water partition coefficient (Wildman–Crippen LogP) is 4.46. The van der Waals surface area contributed by atoms with Crippen LogP contribution in [0, 0.1) is 0 Å². The van der Waals surface area contributed by atoms with Crippen molar-refractivity contribution in [2.24, 2.45) is 0 Å². The number of sulfonamides is 1. The van der Waals surface area contributed by atoms with Gasteiger partial charge in [-0.15, -0.1) is 13.2 Å². The molecule has 1 amide bonds. The van der Waals surface area contributed by atoms with Gasteiger partial charge in [-0.3, -0.25) is 4.79 Å². The predicted molar refractivity (Wildman–Crippen MR) is 119 cm³/mol. The van der Waals surface area contributed by atoms with Crippen LogP contribution in [0.3, 0.4) is 0 Å². The number of nitrogens with zero attached hydrogens (tertiary/aromatic N) is 1. The fraction of sp³-hybridized carbons (Fsp3) is 0.190. The number of hydrogen-bond acceptors (Lipinski definition) is 4. The molecular formula is C21H23BrN2O4S. The number of nitrogens with one attached hydrogen (secondary N) is 1. The Kier molecular flexibility index (Phi) is 8.19. The number of ether oxygens (including phenoxy) is 1. The summed E-state index contributed by atoms with van der Waals surface area (Å²) in [6.07, 6.45) is 3.04. The molecule has 0 radical (unpaired) electrons. The van der Waals surface area contributed by atoms with Crippen molar-refractivity contribution in [3.05, 3.63) is 77.8 Å². The van der Waals surface area contributed by atoms with Gasteiger partial charge in [0.15, 0.2) is 0 Å². The number of amides is 1. The zero-order valence-corrected chi connectivity index (χ0v) is 18.5. The SMILES string of the molecule is C=CCN(CC=C)S(=O)(=O)c1ccc(NC(=O)c2ccc(OCC)c(Br)c2)cc1. The third kappa shape index (κ3) is 5.79. The van der Waals surface area contributed by atoms with Crippen LogP contribution < -0.4 is 10.1 Å². The van der Waals surface area contributed by atoms with Gasteiger partial charge in [0, 0.05) is 24.3 Å². The second-order valence-electron chi connectivity index (χ2n) is 5.96. The average Bonchev–Trinajstić information content (AvgIpc) is 2.70. The maximum absolute atomic E-state index is 12.7. The lowest BCUT2D eigenvalue weighted by atomic mass is 10.2. The van der Waals surface area contributed by atoms with E-state index in [0.717, 1.165) is 0 Å². The summed E-state index contributed by atoms with van der Waals surface area (Å²) < 4.78 is 32.8. The van der Waals surface area contributed by atoms with Gasteiger partial charge in [0.1, 0.15) is 5.75 Å². The van der Waals surface area contributed by atoms with E-state index in [1.165, 1.54) is 28.6 Å². The van der Waals surface area contributed by atoms with Gasteiger partial charge in [-0.1, -0.05) is 12.2 Å². The quantitative estimate of drug-likeness (QED) is 0.511. The Hall–Kier alpha value is -2.42.